The fraction of sp³-hybridized carbons (Fsp3) is 0.136. The fourth-order valence-corrected chi connectivity index (χ4v) is 3.63. The van der Waals surface area contributed by atoms with Crippen LogP contribution in [0.1, 0.15) is 33.1 Å². The number of hydrogen-bond acceptors (Lipinski definition) is 1. The molecule has 0 saturated carbocycles. The summed E-state index contributed by atoms with van der Waals surface area (Å²) in [4.78, 5) is 14.9. The smallest absolute Gasteiger partial charge is 0.255 e. The summed E-state index contributed by atoms with van der Waals surface area (Å²) in [6, 6.07) is 25.9. The molecular formula is C22H18ClNO. The molecular weight excluding hydrogens is 330 g/mol. The molecule has 1 aliphatic heterocycles. The first-order valence-electron chi connectivity index (χ1n) is 8.43. The Hall–Kier alpha value is -2.58. The van der Waals surface area contributed by atoms with Crippen molar-refractivity contribution in [3.05, 3.63) is 106 Å². The molecule has 4 rings (SSSR count). The van der Waals surface area contributed by atoms with Gasteiger partial charge in [0.1, 0.15) is 0 Å². The molecule has 3 aromatic rings. The minimum absolute atomic E-state index is 0.0512. The third kappa shape index (κ3) is 3.06. The summed E-state index contributed by atoms with van der Waals surface area (Å²) in [7, 11) is 0. The van der Waals surface area contributed by atoms with Crippen LogP contribution in [-0.2, 0) is 6.42 Å². The van der Waals surface area contributed by atoms with Crippen LogP contribution in [0, 0.1) is 0 Å². The number of amides is 1. The molecule has 0 saturated heterocycles. The van der Waals surface area contributed by atoms with Crippen molar-refractivity contribution in [3.63, 3.8) is 0 Å². The second-order valence-electron chi connectivity index (χ2n) is 6.28. The van der Waals surface area contributed by atoms with Crippen LogP contribution in [0.25, 0.3) is 0 Å². The zero-order valence-corrected chi connectivity index (χ0v) is 14.5. The molecule has 2 nitrogen and oxygen atoms in total. The monoisotopic (exact) mass is 347 g/mol. The Balaban J connectivity index is 1.68. The topological polar surface area (TPSA) is 20.3 Å². The van der Waals surface area contributed by atoms with E-state index < -0.39 is 0 Å². The molecule has 1 amide bonds. The van der Waals surface area contributed by atoms with E-state index in [1.807, 2.05) is 65.6 Å². The maximum Gasteiger partial charge on any atom is 0.255 e. The van der Waals surface area contributed by atoms with Crippen molar-refractivity contribution in [2.45, 2.75) is 12.5 Å². The van der Waals surface area contributed by atoms with Gasteiger partial charge in [0.25, 0.3) is 5.91 Å². The first-order chi connectivity index (χ1) is 12.2. The predicted octanol–water partition coefficient (Wildman–Crippen LogP) is 5.13. The third-order valence-corrected chi connectivity index (χ3v) is 4.98. The maximum absolute atomic E-state index is 13.0. The van der Waals surface area contributed by atoms with Crippen molar-refractivity contribution in [2.24, 2.45) is 0 Å². The number of halogens is 1. The van der Waals surface area contributed by atoms with Crippen LogP contribution in [0.2, 0.25) is 5.02 Å². The van der Waals surface area contributed by atoms with E-state index in [0.717, 1.165) is 23.1 Å². The lowest BCUT2D eigenvalue weighted by Gasteiger charge is -2.26. The Kier molecular flexibility index (Phi) is 4.29. The summed E-state index contributed by atoms with van der Waals surface area (Å²) in [5, 5.41) is 0.706. The molecule has 0 aromatic heterocycles. The van der Waals surface area contributed by atoms with Crippen LogP contribution in [0.4, 0.5) is 0 Å². The van der Waals surface area contributed by atoms with Crippen molar-refractivity contribution in [1.82, 2.24) is 4.90 Å². The van der Waals surface area contributed by atoms with E-state index in [1.165, 1.54) is 5.56 Å². The molecule has 124 valence electrons. The number of nitrogens with zero attached hydrogens (tertiary/aromatic N) is 1. The summed E-state index contributed by atoms with van der Waals surface area (Å²) < 4.78 is 0. The summed E-state index contributed by atoms with van der Waals surface area (Å²) in [5.41, 5.74) is 4.20. The highest BCUT2D eigenvalue weighted by molar-refractivity contribution is 6.30. The van der Waals surface area contributed by atoms with Crippen LogP contribution >= 0.6 is 11.6 Å². The fourth-order valence-electron chi connectivity index (χ4n) is 3.50. The Morgan fingerprint density at radius 2 is 1.52 bits per heavy atom. The summed E-state index contributed by atoms with van der Waals surface area (Å²) in [5.74, 6) is 0.103. The molecule has 1 aliphatic rings. The number of carbonyl (C=O) groups is 1. The minimum Gasteiger partial charge on any atom is -0.327 e. The lowest BCUT2D eigenvalue weighted by molar-refractivity contribution is 0.0752. The third-order valence-electron chi connectivity index (χ3n) is 4.73. The average Bonchev–Trinajstić information content (AvgIpc) is 2.94. The largest absolute Gasteiger partial charge is 0.327 e. The second kappa shape index (κ2) is 6.73. The number of hydrogen-bond donors (Lipinski definition) is 0. The normalized spacial score (nSPS) is 16.1. The quantitative estimate of drug-likeness (QED) is 0.640. The molecule has 0 N–H and O–H groups in total. The van der Waals surface area contributed by atoms with Crippen LogP contribution in [-0.4, -0.2) is 17.4 Å². The Morgan fingerprint density at radius 3 is 2.28 bits per heavy atom. The predicted molar refractivity (Wildman–Crippen MR) is 101 cm³/mol. The SMILES string of the molecule is O=C1c2ccccc2C(c2ccc(Cl)cc2)N1CCc1ccccc1. The number of benzene rings is 3. The van der Waals surface area contributed by atoms with Gasteiger partial charge in [0.05, 0.1) is 6.04 Å². The lowest BCUT2D eigenvalue weighted by atomic mass is 9.98. The molecule has 0 fully saturated rings. The van der Waals surface area contributed by atoms with Gasteiger partial charge in [-0.1, -0.05) is 72.3 Å². The number of rotatable bonds is 4. The minimum atomic E-state index is -0.0512. The molecule has 25 heavy (non-hydrogen) atoms. The second-order valence-corrected chi connectivity index (χ2v) is 6.71. The first kappa shape index (κ1) is 15.9. The van der Waals surface area contributed by atoms with Gasteiger partial charge in [0.2, 0.25) is 0 Å². The van der Waals surface area contributed by atoms with Gasteiger partial charge in [-0.05, 0) is 41.3 Å². The standard InChI is InChI=1S/C22H18ClNO/c23-18-12-10-17(11-13-18)21-19-8-4-5-9-20(19)22(25)24(21)15-14-16-6-2-1-3-7-16/h1-13,21H,14-15H2. The first-order valence-corrected chi connectivity index (χ1v) is 8.81. The Morgan fingerprint density at radius 1 is 0.840 bits per heavy atom. The molecule has 3 aromatic carbocycles. The van der Waals surface area contributed by atoms with Crippen molar-refractivity contribution in [1.29, 1.82) is 0 Å². The Bertz CT molecular complexity index is 889. The van der Waals surface area contributed by atoms with Gasteiger partial charge in [-0.2, -0.15) is 0 Å². The molecule has 0 radical (unpaired) electrons. The van der Waals surface area contributed by atoms with Gasteiger partial charge < -0.3 is 4.90 Å². The van der Waals surface area contributed by atoms with E-state index >= 15 is 0 Å². The summed E-state index contributed by atoms with van der Waals surface area (Å²) in [6.07, 6.45) is 0.838. The van der Waals surface area contributed by atoms with Gasteiger partial charge >= 0.3 is 0 Å². The van der Waals surface area contributed by atoms with E-state index in [4.69, 9.17) is 11.6 Å². The van der Waals surface area contributed by atoms with Gasteiger partial charge in [-0.25, -0.2) is 0 Å². The summed E-state index contributed by atoms with van der Waals surface area (Å²) in [6.45, 7) is 0.685. The molecule has 1 atom stereocenters. The van der Waals surface area contributed by atoms with Gasteiger partial charge in [0.15, 0.2) is 0 Å². The molecule has 1 unspecified atom stereocenters. The van der Waals surface area contributed by atoms with Crippen LogP contribution in [0.5, 0.6) is 0 Å². The van der Waals surface area contributed by atoms with Crippen LogP contribution in [0.15, 0.2) is 78.9 Å². The Labute approximate surface area is 152 Å². The highest BCUT2D eigenvalue weighted by Crippen LogP contribution is 2.38. The average molecular weight is 348 g/mol. The highest BCUT2D eigenvalue weighted by atomic mass is 35.5. The van der Waals surface area contributed by atoms with Gasteiger partial charge in [-0.15, -0.1) is 0 Å². The van der Waals surface area contributed by atoms with E-state index in [2.05, 4.69) is 18.2 Å². The lowest BCUT2D eigenvalue weighted by Crippen LogP contribution is -2.30. The molecule has 0 aliphatic carbocycles. The van der Waals surface area contributed by atoms with Crippen molar-refractivity contribution in [3.8, 4) is 0 Å². The van der Waals surface area contributed by atoms with Crippen molar-refractivity contribution >= 4 is 17.5 Å². The highest BCUT2D eigenvalue weighted by Gasteiger charge is 2.36. The van der Waals surface area contributed by atoms with Gasteiger partial charge in [0, 0.05) is 17.1 Å². The van der Waals surface area contributed by atoms with E-state index in [-0.39, 0.29) is 11.9 Å². The van der Waals surface area contributed by atoms with Crippen molar-refractivity contribution in [2.75, 3.05) is 6.54 Å². The molecule has 1 heterocycles. The van der Waals surface area contributed by atoms with Crippen LogP contribution in [0.3, 0.4) is 0 Å². The zero-order chi connectivity index (χ0) is 17.2. The summed E-state index contributed by atoms with van der Waals surface area (Å²) >= 11 is 6.04. The molecule has 0 bridgehead atoms. The maximum atomic E-state index is 13.0. The zero-order valence-electron chi connectivity index (χ0n) is 13.7. The number of fused-ring (bicyclic) bond motifs is 1. The van der Waals surface area contributed by atoms with Crippen LogP contribution < -0.4 is 0 Å². The van der Waals surface area contributed by atoms with Gasteiger partial charge in [-0.3, -0.25) is 4.79 Å². The van der Waals surface area contributed by atoms with E-state index in [0.29, 0.717) is 11.6 Å². The molecule has 3 heteroatoms. The number of carbonyl (C=O) groups excluding carboxylic acids is 1. The van der Waals surface area contributed by atoms with E-state index in [9.17, 15) is 4.79 Å². The molecule has 0 spiro atoms. The van der Waals surface area contributed by atoms with E-state index in [1.54, 1.807) is 0 Å². The van der Waals surface area contributed by atoms with Crippen molar-refractivity contribution < 1.29 is 4.79 Å².